The number of imide groups is 1. The van der Waals surface area contributed by atoms with Crippen LogP contribution in [0.15, 0.2) is 54.6 Å². The summed E-state index contributed by atoms with van der Waals surface area (Å²) in [5.74, 6) is 0.201. The fraction of sp³-hybridized carbons (Fsp3) is 0.444. The first-order chi connectivity index (χ1) is 22.2. The second-order valence-corrected chi connectivity index (χ2v) is 14.6. The van der Waals surface area contributed by atoms with Crippen molar-refractivity contribution >= 4 is 57.8 Å². The predicted octanol–water partition coefficient (Wildman–Crippen LogP) is 6.43. The Morgan fingerprint density at radius 3 is 2.57 bits per heavy atom. The van der Waals surface area contributed by atoms with Crippen LogP contribution in [-0.4, -0.2) is 64.2 Å². The molecule has 3 saturated heterocycles. The average molecular weight is 640 g/mol. The topological polar surface area (TPSA) is 102 Å². The van der Waals surface area contributed by atoms with Crippen molar-refractivity contribution in [3.8, 4) is 0 Å². The smallest absolute Gasteiger partial charge is 0.321 e. The summed E-state index contributed by atoms with van der Waals surface area (Å²) < 4.78 is 2.51. The van der Waals surface area contributed by atoms with Crippen LogP contribution in [-0.2, 0) is 15.3 Å². The molecular weight excluding hydrogens is 598 g/mol. The molecule has 0 spiro atoms. The lowest BCUT2D eigenvalue weighted by atomic mass is 9.85. The van der Waals surface area contributed by atoms with Gasteiger partial charge in [-0.05, 0) is 92.6 Å². The van der Waals surface area contributed by atoms with Gasteiger partial charge >= 0.3 is 6.03 Å². The first kappa shape index (κ1) is 30.7. The van der Waals surface area contributed by atoms with Gasteiger partial charge in [0.25, 0.3) is 5.91 Å². The zero-order valence-electron chi connectivity index (χ0n) is 26.5. The number of benzene rings is 3. The van der Waals surface area contributed by atoms with E-state index in [2.05, 4.69) is 53.1 Å². The van der Waals surface area contributed by atoms with Crippen LogP contribution < -0.4 is 15.5 Å². The van der Waals surface area contributed by atoms with Crippen molar-refractivity contribution in [3.05, 3.63) is 71.3 Å². The van der Waals surface area contributed by atoms with Crippen LogP contribution in [0.5, 0.6) is 0 Å². The highest BCUT2D eigenvalue weighted by molar-refractivity contribution is 7.96. The molecule has 46 heavy (non-hydrogen) atoms. The maximum Gasteiger partial charge on any atom is 0.321 e. The van der Waals surface area contributed by atoms with Gasteiger partial charge in [0.2, 0.25) is 11.8 Å². The van der Waals surface area contributed by atoms with Crippen molar-refractivity contribution < 1.29 is 19.2 Å². The van der Waals surface area contributed by atoms with Gasteiger partial charge in [0.1, 0.15) is 6.04 Å². The molecule has 240 valence electrons. The van der Waals surface area contributed by atoms with E-state index in [-0.39, 0.29) is 35.7 Å². The van der Waals surface area contributed by atoms with E-state index in [1.807, 2.05) is 47.2 Å². The summed E-state index contributed by atoms with van der Waals surface area (Å²) >= 11 is 1.88. The largest absolute Gasteiger partial charge is 0.324 e. The molecule has 0 aliphatic carbocycles. The number of hydrogen-bond donors (Lipinski definition) is 2. The van der Waals surface area contributed by atoms with Crippen LogP contribution in [0.3, 0.4) is 0 Å². The number of likely N-dealkylation sites (tertiary alicyclic amines) is 1. The molecule has 4 heterocycles. The number of piperidine rings is 3. The summed E-state index contributed by atoms with van der Waals surface area (Å²) in [6.07, 6.45) is 5.92. The number of rotatable bonds is 6. The average Bonchev–Trinajstić information content (AvgIpc) is 3.33. The van der Waals surface area contributed by atoms with Gasteiger partial charge in [0.15, 0.2) is 0 Å². The monoisotopic (exact) mass is 639 g/mol. The Morgan fingerprint density at radius 1 is 0.978 bits per heavy atom. The summed E-state index contributed by atoms with van der Waals surface area (Å²) in [5.41, 5.74) is 4.72. The van der Waals surface area contributed by atoms with Crippen molar-refractivity contribution in [1.29, 1.82) is 0 Å². The Labute approximate surface area is 274 Å². The molecule has 9 nitrogen and oxygen atoms in total. The van der Waals surface area contributed by atoms with Crippen LogP contribution in [0, 0.1) is 0 Å². The second kappa shape index (κ2) is 12.4. The Hall–Kier alpha value is -3.89. The first-order valence-electron chi connectivity index (χ1n) is 16.5. The van der Waals surface area contributed by atoms with Crippen molar-refractivity contribution in [3.63, 3.8) is 0 Å². The summed E-state index contributed by atoms with van der Waals surface area (Å²) in [6.45, 7) is 7.04. The highest BCUT2D eigenvalue weighted by Gasteiger charge is 2.41. The van der Waals surface area contributed by atoms with Crippen LogP contribution in [0.4, 0.5) is 16.2 Å². The molecule has 7 rings (SSSR count). The quantitative estimate of drug-likeness (QED) is 0.238. The molecule has 1 atom stereocenters. The van der Waals surface area contributed by atoms with E-state index in [4.69, 9.17) is 0 Å². The van der Waals surface area contributed by atoms with Crippen molar-refractivity contribution in [2.24, 2.45) is 0 Å². The van der Waals surface area contributed by atoms with E-state index in [0.717, 1.165) is 47.3 Å². The van der Waals surface area contributed by atoms with Crippen molar-refractivity contribution in [2.45, 2.75) is 82.0 Å². The number of nitrogens with zero attached hydrogens (tertiary/aromatic N) is 3. The zero-order chi connectivity index (χ0) is 32.0. The third kappa shape index (κ3) is 5.77. The molecule has 3 fully saturated rings. The zero-order valence-corrected chi connectivity index (χ0v) is 27.3. The highest BCUT2D eigenvalue weighted by atomic mass is 32.2. The standard InChI is InChI=1S/C36H41N5O4S/c1-36(2)17-3-4-18-40(36)46-22-23-7-5-8-25(21-23)37-35(45)39-19-15-24(16-20-39)26-11-12-29-32-27(26)9-6-10-28(32)34(44)41(29)30-13-14-31(42)38-33(30)43/h5-12,21,24,30H,3-4,13-20,22H2,1-2H3,(H,37,45)(H,38,42,43). The van der Waals surface area contributed by atoms with Crippen LogP contribution in [0.2, 0.25) is 0 Å². The minimum absolute atomic E-state index is 0.0775. The van der Waals surface area contributed by atoms with Crippen LogP contribution in [0.25, 0.3) is 10.8 Å². The maximum atomic E-state index is 13.5. The molecule has 4 aliphatic heterocycles. The normalized spacial score (nSPS) is 22.0. The Morgan fingerprint density at radius 2 is 1.78 bits per heavy atom. The molecule has 5 amide bonds. The SMILES string of the molecule is CC1(C)CCCCN1SCc1cccc(NC(=O)N2CCC(c3ccc4c5c(cccc35)C(=O)N4C3CCC(=O)NC3=O)CC2)c1. The molecule has 10 heteroatoms. The number of carbonyl (C=O) groups is 4. The summed E-state index contributed by atoms with van der Waals surface area (Å²) in [7, 11) is 0. The Kier molecular flexibility index (Phi) is 8.27. The molecule has 1 unspecified atom stereocenters. The van der Waals surface area contributed by atoms with E-state index in [0.29, 0.717) is 25.1 Å². The first-order valence-corrected chi connectivity index (χ1v) is 17.4. The van der Waals surface area contributed by atoms with E-state index < -0.39 is 11.9 Å². The molecule has 4 aliphatic rings. The number of anilines is 2. The van der Waals surface area contributed by atoms with Crippen LogP contribution in [0.1, 0.15) is 86.2 Å². The maximum absolute atomic E-state index is 13.5. The third-order valence-corrected chi connectivity index (χ3v) is 11.6. The number of nitrogens with one attached hydrogen (secondary N) is 2. The Bertz CT molecular complexity index is 1720. The van der Waals surface area contributed by atoms with Crippen LogP contribution >= 0.6 is 11.9 Å². The lowest BCUT2D eigenvalue weighted by Crippen LogP contribution is -2.53. The summed E-state index contributed by atoms with van der Waals surface area (Å²) in [4.78, 5) is 54.7. The third-order valence-electron chi connectivity index (χ3n) is 10.1. The van der Waals surface area contributed by atoms with Gasteiger partial charge in [0.05, 0.1) is 5.69 Å². The number of amides is 5. The van der Waals surface area contributed by atoms with Gasteiger partial charge in [-0.2, -0.15) is 0 Å². The van der Waals surface area contributed by atoms with Gasteiger partial charge in [-0.1, -0.05) is 48.7 Å². The minimum Gasteiger partial charge on any atom is -0.324 e. The minimum atomic E-state index is -0.699. The lowest BCUT2D eigenvalue weighted by molar-refractivity contribution is -0.134. The highest BCUT2D eigenvalue weighted by Crippen LogP contribution is 2.44. The Balaban J connectivity index is 1.00. The van der Waals surface area contributed by atoms with Gasteiger partial charge in [0, 0.05) is 54.0 Å². The molecule has 0 aromatic heterocycles. The van der Waals surface area contributed by atoms with E-state index in [1.165, 1.54) is 30.4 Å². The lowest BCUT2D eigenvalue weighted by Gasteiger charge is -2.41. The number of hydrogen-bond acceptors (Lipinski definition) is 6. The molecule has 0 bridgehead atoms. The van der Waals surface area contributed by atoms with E-state index >= 15 is 0 Å². The second-order valence-electron chi connectivity index (χ2n) is 13.6. The molecule has 0 saturated carbocycles. The van der Waals surface area contributed by atoms with Gasteiger partial charge in [-0.25, -0.2) is 9.10 Å². The molecule has 3 aromatic rings. The van der Waals surface area contributed by atoms with E-state index in [9.17, 15) is 19.2 Å². The van der Waals surface area contributed by atoms with E-state index in [1.54, 1.807) is 4.90 Å². The molecule has 2 N–H and O–H groups in total. The fourth-order valence-corrected chi connectivity index (χ4v) is 8.77. The van der Waals surface area contributed by atoms with Gasteiger partial charge in [-0.3, -0.25) is 24.6 Å². The number of carbonyl (C=O) groups excluding carboxylic acids is 4. The summed E-state index contributed by atoms with van der Waals surface area (Å²) in [5, 5.41) is 7.41. The molecule has 3 aromatic carbocycles. The fourth-order valence-electron chi connectivity index (χ4n) is 7.59. The molecular formula is C36H41N5O4S. The molecule has 0 radical (unpaired) electrons. The summed E-state index contributed by atoms with van der Waals surface area (Å²) in [6, 6.07) is 17.2. The predicted molar refractivity (Wildman–Crippen MR) is 182 cm³/mol. The van der Waals surface area contributed by atoms with Crippen molar-refractivity contribution in [2.75, 3.05) is 29.9 Å². The number of urea groups is 1. The van der Waals surface area contributed by atoms with Crippen molar-refractivity contribution in [1.82, 2.24) is 14.5 Å². The van der Waals surface area contributed by atoms with Gasteiger partial charge in [-0.15, -0.1) is 0 Å². The van der Waals surface area contributed by atoms with Gasteiger partial charge < -0.3 is 10.2 Å².